The van der Waals surface area contributed by atoms with Crippen molar-refractivity contribution in [1.29, 1.82) is 0 Å². The third-order valence-corrected chi connectivity index (χ3v) is 2.77. The summed E-state index contributed by atoms with van der Waals surface area (Å²) in [6.07, 6.45) is 1.74. The molecule has 6 heteroatoms. The second-order valence-electron chi connectivity index (χ2n) is 5.67. The highest BCUT2D eigenvalue weighted by atomic mass is 16.6. The number of H-pyrrole nitrogens is 1. The Morgan fingerprint density at radius 1 is 1.40 bits per heavy atom. The first kappa shape index (κ1) is 14.2. The van der Waals surface area contributed by atoms with Crippen molar-refractivity contribution in [1.82, 2.24) is 15.3 Å². The van der Waals surface area contributed by atoms with E-state index < -0.39 is 4.92 Å². The van der Waals surface area contributed by atoms with E-state index in [1.807, 2.05) is 0 Å². The molecular weight excluding hydrogens is 256 g/mol. The van der Waals surface area contributed by atoms with Gasteiger partial charge in [0.15, 0.2) is 0 Å². The van der Waals surface area contributed by atoms with Gasteiger partial charge in [0.2, 0.25) is 0 Å². The molecule has 0 aliphatic carbocycles. The summed E-state index contributed by atoms with van der Waals surface area (Å²) < 4.78 is 0. The summed E-state index contributed by atoms with van der Waals surface area (Å²) in [5.41, 5.74) is 1.74. The van der Waals surface area contributed by atoms with E-state index in [-0.39, 0.29) is 11.2 Å². The van der Waals surface area contributed by atoms with E-state index in [0.717, 1.165) is 5.69 Å². The summed E-state index contributed by atoms with van der Waals surface area (Å²) in [6.45, 7) is 6.94. The number of rotatable bonds is 4. The Labute approximate surface area is 117 Å². The van der Waals surface area contributed by atoms with Crippen molar-refractivity contribution in [3.05, 3.63) is 46.3 Å². The van der Waals surface area contributed by atoms with E-state index in [9.17, 15) is 10.1 Å². The summed E-state index contributed by atoms with van der Waals surface area (Å²) in [4.78, 5) is 17.8. The van der Waals surface area contributed by atoms with E-state index in [4.69, 9.17) is 0 Å². The van der Waals surface area contributed by atoms with Crippen LogP contribution in [0.3, 0.4) is 0 Å². The molecule has 1 heterocycles. The second kappa shape index (κ2) is 5.42. The lowest BCUT2D eigenvalue weighted by Gasteiger charge is -2.19. The zero-order valence-corrected chi connectivity index (χ0v) is 11.8. The number of aromatic amines is 1. The molecule has 0 saturated heterocycles. The summed E-state index contributed by atoms with van der Waals surface area (Å²) in [6, 6.07) is 6.43. The number of benzene rings is 1. The summed E-state index contributed by atoms with van der Waals surface area (Å²) in [5.74, 6) is 0.638. The molecule has 0 saturated carbocycles. The number of non-ortho nitro benzene ring substituents is 1. The fourth-order valence-electron chi connectivity index (χ4n) is 1.72. The van der Waals surface area contributed by atoms with Crippen molar-refractivity contribution in [2.24, 2.45) is 0 Å². The predicted octanol–water partition coefficient (Wildman–Crippen LogP) is 2.87. The molecule has 1 aromatic heterocycles. The van der Waals surface area contributed by atoms with Crippen molar-refractivity contribution in [3.63, 3.8) is 0 Å². The molecule has 106 valence electrons. The summed E-state index contributed by atoms with van der Waals surface area (Å²) in [5, 5.41) is 14.1. The van der Waals surface area contributed by atoms with Crippen LogP contribution in [0.15, 0.2) is 30.5 Å². The molecule has 0 amide bonds. The minimum absolute atomic E-state index is 0.0246. The third-order valence-electron chi connectivity index (χ3n) is 2.77. The Bertz CT molecular complexity index is 614. The molecule has 20 heavy (non-hydrogen) atoms. The molecule has 2 aromatic rings. The highest BCUT2D eigenvalue weighted by Gasteiger charge is 2.12. The van der Waals surface area contributed by atoms with Gasteiger partial charge in [0, 0.05) is 41.7 Å². The molecule has 0 aliphatic heterocycles. The monoisotopic (exact) mass is 274 g/mol. The first-order chi connectivity index (χ1) is 9.35. The third kappa shape index (κ3) is 3.64. The molecule has 0 bridgehead atoms. The van der Waals surface area contributed by atoms with Crippen LogP contribution in [0.2, 0.25) is 0 Å². The van der Waals surface area contributed by atoms with Crippen LogP contribution in [-0.4, -0.2) is 20.4 Å². The molecule has 0 fully saturated rings. The fraction of sp³-hybridized carbons (Fsp3) is 0.357. The number of aromatic nitrogens is 2. The van der Waals surface area contributed by atoms with Crippen LogP contribution in [0.4, 0.5) is 5.69 Å². The van der Waals surface area contributed by atoms with Gasteiger partial charge in [0.05, 0.1) is 4.92 Å². The minimum atomic E-state index is -0.408. The van der Waals surface area contributed by atoms with Gasteiger partial charge in [-0.1, -0.05) is 12.1 Å². The number of imidazole rings is 1. The van der Waals surface area contributed by atoms with Crippen LogP contribution >= 0.6 is 0 Å². The van der Waals surface area contributed by atoms with Crippen LogP contribution in [0.1, 0.15) is 26.5 Å². The minimum Gasteiger partial charge on any atom is -0.341 e. The van der Waals surface area contributed by atoms with Gasteiger partial charge in [0.25, 0.3) is 5.69 Å². The van der Waals surface area contributed by atoms with Crippen molar-refractivity contribution >= 4 is 5.69 Å². The lowest BCUT2D eigenvalue weighted by Crippen LogP contribution is -2.35. The average molecular weight is 274 g/mol. The van der Waals surface area contributed by atoms with Gasteiger partial charge in [-0.3, -0.25) is 10.1 Å². The lowest BCUT2D eigenvalue weighted by molar-refractivity contribution is -0.384. The summed E-state index contributed by atoms with van der Waals surface area (Å²) >= 11 is 0. The number of hydrogen-bond donors (Lipinski definition) is 2. The van der Waals surface area contributed by atoms with Crippen LogP contribution in [-0.2, 0) is 6.54 Å². The normalized spacial score (nSPS) is 11.6. The number of nitro groups is 1. The largest absolute Gasteiger partial charge is 0.341 e. The van der Waals surface area contributed by atoms with Gasteiger partial charge < -0.3 is 10.3 Å². The fourth-order valence-corrected chi connectivity index (χ4v) is 1.72. The Balaban J connectivity index is 2.16. The van der Waals surface area contributed by atoms with Crippen molar-refractivity contribution in [2.45, 2.75) is 32.9 Å². The number of nitrogens with zero attached hydrogens (tertiary/aromatic N) is 2. The first-order valence-corrected chi connectivity index (χ1v) is 6.39. The predicted molar refractivity (Wildman–Crippen MR) is 77.3 cm³/mol. The Hall–Kier alpha value is -2.21. The zero-order valence-electron chi connectivity index (χ0n) is 11.8. The van der Waals surface area contributed by atoms with Gasteiger partial charge in [0.1, 0.15) is 5.82 Å². The Morgan fingerprint density at radius 2 is 2.15 bits per heavy atom. The molecule has 1 aromatic carbocycles. The van der Waals surface area contributed by atoms with Crippen LogP contribution < -0.4 is 5.32 Å². The van der Waals surface area contributed by atoms with Gasteiger partial charge in [-0.2, -0.15) is 0 Å². The molecule has 0 aliphatic rings. The van der Waals surface area contributed by atoms with E-state index in [2.05, 4.69) is 36.1 Å². The van der Waals surface area contributed by atoms with Crippen molar-refractivity contribution < 1.29 is 4.92 Å². The molecule has 6 nitrogen and oxygen atoms in total. The van der Waals surface area contributed by atoms with E-state index in [1.54, 1.807) is 18.3 Å². The Morgan fingerprint density at radius 3 is 2.80 bits per heavy atom. The second-order valence-corrected chi connectivity index (χ2v) is 5.67. The quantitative estimate of drug-likeness (QED) is 0.663. The average Bonchev–Trinajstić information content (AvgIpc) is 2.84. The molecule has 0 atom stereocenters. The Kier molecular flexibility index (Phi) is 3.85. The molecule has 0 spiro atoms. The first-order valence-electron chi connectivity index (χ1n) is 6.39. The van der Waals surface area contributed by atoms with Crippen molar-refractivity contribution in [2.75, 3.05) is 0 Å². The molecule has 0 unspecified atom stereocenters. The lowest BCUT2D eigenvalue weighted by atomic mass is 10.1. The highest BCUT2D eigenvalue weighted by Crippen LogP contribution is 2.21. The maximum atomic E-state index is 10.8. The molecule has 2 rings (SSSR count). The van der Waals surface area contributed by atoms with Crippen LogP contribution in [0.5, 0.6) is 0 Å². The molecule has 2 N–H and O–H groups in total. The SMILES string of the molecule is CC(C)(C)NCc1cnc(-c2cccc([N+](=O)[O-])c2)[nH]1. The van der Waals surface area contributed by atoms with Gasteiger partial charge in [-0.15, -0.1) is 0 Å². The van der Waals surface area contributed by atoms with Crippen LogP contribution in [0, 0.1) is 10.1 Å². The number of nitrogens with one attached hydrogen (secondary N) is 2. The standard InChI is InChI=1S/C14H18N4O2/c1-14(2,3)16-9-11-8-15-13(17-11)10-5-4-6-12(7-10)18(19)20/h4-8,16H,9H2,1-3H3,(H,15,17). The van der Waals surface area contributed by atoms with Crippen LogP contribution in [0.25, 0.3) is 11.4 Å². The van der Waals surface area contributed by atoms with Gasteiger partial charge >= 0.3 is 0 Å². The maximum Gasteiger partial charge on any atom is 0.270 e. The van der Waals surface area contributed by atoms with E-state index in [0.29, 0.717) is 17.9 Å². The number of hydrogen-bond acceptors (Lipinski definition) is 4. The summed E-state index contributed by atoms with van der Waals surface area (Å²) in [7, 11) is 0. The highest BCUT2D eigenvalue weighted by molar-refractivity contribution is 5.59. The van der Waals surface area contributed by atoms with E-state index in [1.165, 1.54) is 12.1 Å². The smallest absolute Gasteiger partial charge is 0.270 e. The van der Waals surface area contributed by atoms with Gasteiger partial charge in [-0.25, -0.2) is 4.98 Å². The zero-order chi connectivity index (χ0) is 14.8. The molecular formula is C14H18N4O2. The van der Waals surface area contributed by atoms with Gasteiger partial charge in [-0.05, 0) is 20.8 Å². The molecule has 0 radical (unpaired) electrons. The van der Waals surface area contributed by atoms with E-state index >= 15 is 0 Å². The number of nitro benzene ring substituents is 1. The topological polar surface area (TPSA) is 83.8 Å². The maximum absolute atomic E-state index is 10.8. The van der Waals surface area contributed by atoms with Crippen molar-refractivity contribution in [3.8, 4) is 11.4 Å².